The van der Waals surface area contributed by atoms with Crippen molar-refractivity contribution in [3.05, 3.63) is 23.8 Å². The van der Waals surface area contributed by atoms with Crippen LogP contribution in [-0.2, 0) is 11.3 Å². The van der Waals surface area contributed by atoms with E-state index >= 15 is 0 Å². The van der Waals surface area contributed by atoms with Gasteiger partial charge in [0.25, 0.3) is 0 Å². The van der Waals surface area contributed by atoms with Gasteiger partial charge in [-0.2, -0.15) is 8.78 Å². The maximum atomic E-state index is 12.4. The number of amides is 1. The lowest BCUT2D eigenvalue weighted by atomic mass is 10.1. The van der Waals surface area contributed by atoms with Crippen LogP contribution in [0, 0.1) is 0 Å². The van der Waals surface area contributed by atoms with Crippen LogP contribution in [-0.4, -0.2) is 30.3 Å². The summed E-state index contributed by atoms with van der Waals surface area (Å²) in [5, 5.41) is 0. The molecule has 118 valence electrons. The topological polar surface area (TPSA) is 64.8 Å². The highest BCUT2D eigenvalue weighted by molar-refractivity contribution is 5.68. The van der Waals surface area contributed by atoms with Gasteiger partial charge >= 0.3 is 12.7 Å². The average Bonchev–Trinajstić information content (AvgIpc) is 2.30. The number of alkyl halides is 2. The molecule has 0 aliphatic heterocycles. The highest BCUT2D eigenvalue weighted by Gasteiger charge is 2.21. The van der Waals surface area contributed by atoms with Crippen molar-refractivity contribution >= 4 is 11.8 Å². The monoisotopic (exact) mass is 302 g/mol. The van der Waals surface area contributed by atoms with Gasteiger partial charge in [-0.25, -0.2) is 4.79 Å². The molecule has 0 spiro atoms. The van der Waals surface area contributed by atoms with Gasteiger partial charge in [-0.15, -0.1) is 0 Å². The number of carbonyl (C=O) groups is 1. The molecule has 0 saturated carbocycles. The Kier molecular flexibility index (Phi) is 5.34. The molecule has 0 unspecified atom stereocenters. The standard InChI is InChI=1S/C14H20F2N2O3/c1-14(2,3)21-13(19)18(4)8-9-7-10(17)5-6-11(9)20-12(15)16/h5-7,12H,8,17H2,1-4H3. The van der Waals surface area contributed by atoms with Gasteiger partial charge in [0, 0.05) is 18.3 Å². The van der Waals surface area contributed by atoms with Crippen molar-refractivity contribution in [1.29, 1.82) is 0 Å². The predicted octanol–water partition coefficient (Wildman–Crippen LogP) is 3.24. The summed E-state index contributed by atoms with van der Waals surface area (Å²) in [4.78, 5) is 13.1. The van der Waals surface area contributed by atoms with E-state index in [-0.39, 0.29) is 12.3 Å². The molecule has 21 heavy (non-hydrogen) atoms. The third-order valence-electron chi connectivity index (χ3n) is 2.41. The molecule has 0 radical (unpaired) electrons. The Morgan fingerprint density at radius 3 is 2.52 bits per heavy atom. The van der Waals surface area contributed by atoms with Crippen LogP contribution >= 0.6 is 0 Å². The molecule has 0 fully saturated rings. The van der Waals surface area contributed by atoms with Crippen molar-refractivity contribution in [2.45, 2.75) is 39.5 Å². The Morgan fingerprint density at radius 2 is 2.00 bits per heavy atom. The zero-order valence-corrected chi connectivity index (χ0v) is 12.5. The van der Waals surface area contributed by atoms with Crippen LogP contribution in [0.5, 0.6) is 5.75 Å². The van der Waals surface area contributed by atoms with Gasteiger partial charge in [0.2, 0.25) is 0 Å². The number of nitrogens with two attached hydrogens (primary N) is 1. The van der Waals surface area contributed by atoms with Crippen molar-refractivity contribution < 1.29 is 23.0 Å². The van der Waals surface area contributed by atoms with E-state index in [1.165, 1.54) is 30.1 Å². The number of halogens is 2. The second-order valence-electron chi connectivity index (χ2n) is 5.58. The van der Waals surface area contributed by atoms with E-state index in [9.17, 15) is 13.6 Å². The number of benzene rings is 1. The molecule has 0 bridgehead atoms. The highest BCUT2D eigenvalue weighted by Crippen LogP contribution is 2.25. The number of hydrogen-bond acceptors (Lipinski definition) is 4. The first-order valence-electron chi connectivity index (χ1n) is 6.36. The van der Waals surface area contributed by atoms with Crippen LogP contribution in [0.1, 0.15) is 26.3 Å². The molecule has 1 aromatic rings. The number of nitrogen functional groups attached to an aromatic ring is 1. The van der Waals surface area contributed by atoms with E-state index in [0.29, 0.717) is 11.3 Å². The quantitative estimate of drug-likeness (QED) is 0.867. The Balaban J connectivity index is 2.85. The Morgan fingerprint density at radius 1 is 1.38 bits per heavy atom. The maximum absolute atomic E-state index is 12.4. The molecule has 0 heterocycles. The molecule has 2 N–H and O–H groups in total. The summed E-state index contributed by atoms with van der Waals surface area (Å²) in [6.07, 6.45) is -0.562. The molecule has 0 saturated heterocycles. The number of rotatable bonds is 4. The Bertz CT molecular complexity index is 501. The van der Waals surface area contributed by atoms with Crippen LogP contribution < -0.4 is 10.5 Å². The van der Waals surface area contributed by atoms with Gasteiger partial charge in [-0.05, 0) is 39.0 Å². The molecule has 0 aliphatic carbocycles. The van der Waals surface area contributed by atoms with E-state index in [1.807, 2.05) is 0 Å². The van der Waals surface area contributed by atoms with Crippen LogP contribution in [0.4, 0.5) is 19.3 Å². The van der Waals surface area contributed by atoms with Gasteiger partial charge in [0.15, 0.2) is 0 Å². The van der Waals surface area contributed by atoms with Crippen molar-refractivity contribution in [3.8, 4) is 5.75 Å². The lowest BCUT2D eigenvalue weighted by molar-refractivity contribution is -0.0507. The van der Waals surface area contributed by atoms with E-state index in [0.717, 1.165) is 0 Å². The SMILES string of the molecule is CN(Cc1cc(N)ccc1OC(F)F)C(=O)OC(C)(C)C. The lowest BCUT2D eigenvalue weighted by Crippen LogP contribution is -2.34. The van der Waals surface area contributed by atoms with Gasteiger partial charge in [-0.3, -0.25) is 0 Å². The highest BCUT2D eigenvalue weighted by atomic mass is 19.3. The van der Waals surface area contributed by atoms with Gasteiger partial charge in [0.05, 0.1) is 6.54 Å². The minimum absolute atomic E-state index is 0.0189. The van der Waals surface area contributed by atoms with Gasteiger partial charge in [0.1, 0.15) is 11.4 Å². The van der Waals surface area contributed by atoms with Crippen molar-refractivity contribution in [2.24, 2.45) is 0 Å². The fourth-order valence-electron chi connectivity index (χ4n) is 1.59. The fourth-order valence-corrected chi connectivity index (χ4v) is 1.59. The predicted molar refractivity (Wildman–Crippen MR) is 75.2 cm³/mol. The molecule has 0 atom stereocenters. The first kappa shape index (κ1) is 17.0. The number of hydrogen-bond donors (Lipinski definition) is 1. The van der Waals surface area contributed by atoms with Crippen LogP contribution in [0.25, 0.3) is 0 Å². The third-order valence-corrected chi connectivity index (χ3v) is 2.41. The summed E-state index contributed by atoms with van der Waals surface area (Å²) < 4.78 is 34.3. The van der Waals surface area contributed by atoms with E-state index < -0.39 is 18.3 Å². The molecule has 0 aromatic heterocycles. The van der Waals surface area contributed by atoms with Gasteiger partial charge in [-0.1, -0.05) is 0 Å². The summed E-state index contributed by atoms with van der Waals surface area (Å²) in [5.41, 5.74) is 5.77. The third kappa shape index (κ3) is 5.85. The molecule has 1 rings (SSSR count). The summed E-state index contributed by atoms with van der Waals surface area (Å²) in [6.45, 7) is 2.32. The molecule has 0 aliphatic rings. The van der Waals surface area contributed by atoms with Gasteiger partial charge < -0.3 is 20.1 Å². The van der Waals surface area contributed by atoms with Crippen molar-refractivity contribution in [3.63, 3.8) is 0 Å². The molecule has 1 aromatic carbocycles. The molecular formula is C14H20F2N2O3. The largest absolute Gasteiger partial charge is 0.444 e. The maximum Gasteiger partial charge on any atom is 0.410 e. The van der Waals surface area contributed by atoms with Crippen LogP contribution in [0.3, 0.4) is 0 Å². The molecule has 5 nitrogen and oxygen atoms in total. The first-order valence-corrected chi connectivity index (χ1v) is 6.36. The smallest absolute Gasteiger partial charge is 0.410 e. The van der Waals surface area contributed by atoms with Crippen molar-refractivity contribution in [2.75, 3.05) is 12.8 Å². The Labute approximate surface area is 122 Å². The van der Waals surface area contributed by atoms with E-state index in [2.05, 4.69) is 4.74 Å². The summed E-state index contributed by atoms with van der Waals surface area (Å²) in [6, 6.07) is 4.28. The molecular weight excluding hydrogens is 282 g/mol. The number of ether oxygens (including phenoxy) is 2. The summed E-state index contributed by atoms with van der Waals surface area (Å²) in [7, 11) is 1.50. The normalized spacial score (nSPS) is 11.4. The Hall–Kier alpha value is -2.05. The van der Waals surface area contributed by atoms with E-state index in [1.54, 1.807) is 20.8 Å². The second kappa shape index (κ2) is 6.60. The average molecular weight is 302 g/mol. The van der Waals surface area contributed by atoms with Crippen LogP contribution in [0.15, 0.2) is 18.2 Å². The minimum Gasteiger partial charge on any atom is -0.444 e. The second-order valence-corrected chi connectivity index (χ2v) is 5.58. The zero-order chi connectivity index (χ0) is 16.2. The molecule has 7 heteroatoms. The number of anilines is 1. The minimum atomic E-state index is -2.95. The number of carbonyl (C=O) groups excluding carboxylic acids is 1. The fraction of sp³-hybridized carbons (Fsp3) is 0.500. The summed E-state index contributed by atoms with van der Waals surface area (Å²) >= 11 is 0. The number of nitrogens with zero attached hydrogens (tertiary/aromatic N) is 1. The van der Waals surface area contributed by atoms with Crippen molar-refractivity contribution in [1.82, 2.24) is 4.90 Å². The van der Waals surface area contributed by atoms with E-state index in [4.69, 9.17) is 10.5 Å². The zero-order valence-electron chi connectivity index (χ0n) is 12.5. The lowest BCUT2D eigenvalue weighted by Gasteiger charge is -2.25. The first-order chi connectivity index (χ1) is 9.58. The summed E-state index contributed by atoms with van der Waals surface area (Å²) in [5.74, 6) is -0.0189. The van der Waals surface area contributed by atoms with Crippen LogP contribution in [0.2, 0.25) is 0 Å². The molecule has 1 amide bonds.